The fourth-order valence-electron chi connectivity index (χ4n) is 2.20. The summed E-state index contributed by atoms with van der Waals surface area (Å²) in [5.74, 6) is 0. The Morgan fingerprint density at radius 3 is 2.53 bits per heavy atom. The summed E-state index contributed by atoms with van der Waals surface area (Å²) in [6.45, 7) is 0. The molecule has 0 saturated heterocycles. The number of benzene rings is 1. The molecule has 1 saturated carbocycles. The SMILES string of the molecule is NC(=S)c1ccc(S(=O)(=O)NC2CCCC2)c(Cl)c1. The van der Waals surface area contributed by atoms with Crippen LogP contribution in [0.4, 0.5) is 0 Å². The van der Waals surface area contributed by atoms with Gasteiger partial charge in [-0.15, -0.1) is 0 Å². The zero-order chi connectivity index (χ0) is 14.0. The molecule has 2 rings (SSSR count). The molecule has 1 fully saturated rings. The van der Waals surface area contributed by atoms with Crippen LogP contribution < -0.4 is 10.5 Å². The molecule has 104 valence electrons. The lowest BCUT2D eigenvalue weighted by atomic mass is 10.2. The van der Waals surface area contributed by atoms with E-state index in [1.54, 1.807) is 6.07 Å². The molecule has 1 aliphatic rings. The summed E-state index contributed by atoms with van der Waals surface area (Å²) in [6, 6.07) is 4.50. The predicted molar refractivity (Wildman–Crippen MR) is 79.9 cm³/mol. The van der Waals surface area contributed by atoms with E-state index < -0.39 is 10.0 Å². The molecule has 7 heteroatoms. The van der Waals surface area contributed by atoms with E-state index in [1.165, 1.54) is 12.1 Å². The van der Waals surface area contributed by atoms with Crippen LogP contribution in [0.2, 0.25) is 5.02 Å². The summed E-state index contributed by atoms with van der Waals surface area (Å²) in [5, 5.41) is 0.135. The van der Waals surface area contributed by atoms with Gasteiger partial charge in [-0.3, -0.25) is 0 Å². The monoisotopic (exact) mass is 318 g/mol. The van der Waals surface area contributed by atoms with Crippen LogP contribution in [-0.2, 0) is 10.0 Å². The Labute approximate surface area is 123 Å². The largest absolute Gasteiger partial charge is 0.389 e. The number of thiocarbonyl (C=S) groups is 1. The van der Waals surface area contributed by atoms with Crippen LogP contribution in [0.25, 0.3) is 0 Å². The summed E-state index contributed by atoms with van der Waals surface area (Å²) in [7, 11) is -3.58. The van der Waals surface area contributed by atoms with Gasteiger partial charge >= 0.3 is 0 Å². The normalized spacial score (nSPS) is 16.7. The molecule has 0 heterocycles. The van der Waals surface area contributed by atoms with Crippen LogP contribution in [0.3, 0.4) is 0 Å². The average molecular weight is 319 g/mol. The molecule has 3 N–H and O–H groups in total. The van der Waals surface area contributed by atoms with Gasteiger partial charge in [0.25, 0.3) is 0 Å². The van der Waals surface area contributed by atoms with Crippen molar-refractivity contribution in [3.63, 3.8) is 0 Å². The lowest BCUT2D eigenvalue weighted by Gasteiger charge is -2.14. The molecule has 1 aromatic carbocycles. The van der Waals surface area contributed by atoms with Gasteiger partial charge in [-0.2, -0.15) is 0 Å². The summed E-state index contributed by atoms with van der Waals surface area (Å²) in [4.78, 5) is 0.260. The van der Waals surface area contributed by atoms with Crippen LogP contribution in [0.15, 0.2) is 23.1 Å². The topological polar surface area (TPSA) is 72.2 Å². The molecule has 0 atom stereocenters. The smallest absolute Gasteiger partial charge is 0.242 e. The molecule has 0 unspecified atom stereocenters. The maximum atomic E-state index is 12.2. The Morgan fingerprint density at radius 1 is 1.37 bits per heavy atom. The van der Waals surface area contributed by atoms with E-state index in [9.17, 15) is 8.42 Å². The van der Waals surface area contributed by atoms with Crippen LogP contribution >= 0.6 is 23.8 Å². The number of halogens is 1. The van der Waals surface area contributed by atoms with Crippen molar-refractivity contribution >= 4 is 38.8 Å². The van der Waals surface area contributed by atoms with Gasteiger partial charge in [0.1, 0.15) is 9.88 Å². The van der Waals surface area contributed by atoms with E-state index in [1.807, 2.05) is 0 Å². The summed E-state index contributed by atoms with van der Waals surface area (Å²) >= 11 is 10.8. The number of hydrogen-bond donors (Lipinski definition) is 2. The second kappa shape index (κ2) is 5.75. The molecule has 0 bridgehead atoms. The first-order chi connectivity index (χ1) is 8.90. The number of nitrogens with one attached hydrogen (secondary N) is 1. The summed E-state index contributed by atoms with van der Waals surface area (Å²) < 4.78 is 27.1. The van der Waals surface area contributed by atoms with Crippen LogP contribution in [0, 0.1) is 0 Å². The fraction of sp³-hybridized carbons (Fsp3) is 0.417. The van der Waals surface area contributed by atoms with E-state index in [0.29, 0.717) is 5.56 Å². The second-order valence-electron chi connectivity index (χ2n) is 4.61. The van der Waals surface area contributed by atoms with Crippen molar-refractivity contribution in [2.75, 3.05) is 0 Å². The van der Waals surface area contributed by atoms with Crippen molar-refractivity contribution in [2.45, 2.75) is 36.6 Å². The average Bonchev–Trinajstić information content (AvgIpc) is 2.80. The Morgan fingerprint density at radius 2 is 2.00 bits per heavy atom. The minimum absolute atomic E-state index is 0.0105. The molecule has 4 nitrogen and oxygen atoms in total. The van der Waals surface area contributed by atoms with Crippen molar-refractivity contribution in [1.29, 1.82) is 0 Å². The molecule has 0 amide bonds. The Hall–Kier alpha value is -0.690. The fourth-order valence-corrected chi connectivity index (χ4v) is 4.18. The number of sulfonamides is 1. The molecule has 1 aliphatic carbocycles. The minimum Gasteiger partial charge on any atom is -0.389 e. The van der Waals surface area contributed by atoms with Crippen molar-refractivity contribution in [3.05, 3.63) is 28.8 Å². The van der Waals surface area contributed by atoms with E-state index >= 15 is 0 Å². The van der Waals surface area contributed by atoms with Crippen molar-refractivity contribution in [1.82, 2.24) is 4.72 Å². The maximum Gasteiger partial charge on any atom is 0.242 e. The van der Waals surface area contributed by atoms with Crippen LogP contribution in [0.1, 0.15) is 31.2 Å². The molecular weight excluding hydrogens is 304 g/mol. The Balaban J connectivity index is 2.27. The Bertz CT molecular complexity index is 596. The van der Waals surface area contributed by atoms with Gasteiger partial charge in [-0.25, -0.2) is 13.1 Å². The maximum absolute atomic E-state index is 12.2. The zero-order valence-electron chi connectivity index (χ0n) is 10.2. The van der Waals surface area contributed by atoms with Gasteiger partial charge in [0.2, 0.25) is 10.0 Å². The van der Waals surface area contributed by atoms with Gasteiger partial charge in [-0.1, -0.05) is 42.7 Å². The third-order valence-corrected chi connectivity index (χ3v) is 5.42. The van der Waals surface area contributed by atoms with E-state index in [-0.39, 0.29) is 20.9 Å². The summed E-state index contributed by atoms with van der Waals surface area (Å²) in [6.07, 6.45) is 3.87. The second-order valence-corrected chi connectivity index (χ2v) is 7.14. The van der Waals surface area contributed by atoms with E-state index in [2.05, 4.69) is 4.72 Å². The quantitative estimate of drug-likeness (QED) is 0.835. The first-order valence-corrected chi connectivity index (χ1v) is 8.29. The van der Waals surface area contributed by atoms with Gasteiger partial charge in [0, 0.05) is 11.6 Å². The molecule has 1 aromatic rings. The van der Waals surface area contributed by atoms with Gasteiger partial charge < -0.3 is 5.73 Å². The number of nitrogens with two attached hydrogens (primary N) is 1. The van der Waals surface area contributed by atoms with Crippen LogP contribution in [0.5, 0.6) is 0 Å². The van der Waals surface area contributed by atoms with Gasteiger partial charge in [-0.05, 0) is 25.0 Å². The molecular formula is C12H15ClN2O2S2. The first kappa shape index (κ1) is 14.7. The predicted octanol–water partition coefficient (Wildman–Crippen LogP) is 2.20. The highest BCUT2D eigenvalue weighted by Crippen LogP contribution is 2.25. The molecule has 0 aromatic heterocycles. The zero-order valence-corrected chi connectivity index (χ0v) is 12.6. The minimum atomic E-state index is -3.58. The number of hydrogen-bond acceptors (Lipinski definition) is 3. The molecule has 0 aliphatic heterocycles. The first-order valence-electron chi connectivity index (χ1n) is 6.02. The highest BCUT2D eigenvalue weighted by atomic mass is 35.5. The van der Waals surface area contributed by atoms with E-state index in [4.69, 9.17) is 29.6 Å². The lowest BCUT2D eigenvalue weighted by molar-refractivity contribution is 0.552. The highest BCUT2D eigenvalue weighted by molar-refractivity contribution is 7.89. The molecule has 19 heavy (non-hydrogen) atoms. The number of rotatable bonds is 4. The molecule has 0 radical (unpaired) electrons. The van der Waals surface area contributed by atoms with Crippen molar-refractivity contribution in [2.24, 2.45) is 5.73 Å². The lowest BCUT2D eigenvalue weighted by Crippen LogP contribution is -2.32. The molecule has 0 spiro atoms. The van der Waals surface area contributed by atoms with Crippen LogP contribution in [-0.4, -0.2) is 19.4 Å². The third kappa shape index (κ3) is 3.45. The van der Waals surface area contributed by atoms with Gasteiger partial charge in [0.05, 0.1) is 5.02 Å². The third-order valence-electron chi connectivity index (χ3n) is 3.18. The van der Waals surface area contributed by atoms with Gasteiger partial charge in [0.15, 0.2) is 0 Å². The van der Waals surface area contributed by atoms with Crippen molar-refractivity contribution < 1.29 is 8.42 Å². The van der Waals surface area contributed by atoms with Crippen molar-refractivity contribution in [3.8, 4) is 0 Å². The standard InChI is InChI=1S/C12H15ClN2O2S2/c13-10-7-8(12(14)18)5-6-11(10)19(16,17)15-9-3-1-2-4-9/h5-7,9,15H,1-4H2,(H2,14,18). The Kier molecular flexibility index (Phi) is 4.45. The summed E-state index contributed by atoms with van der Waals surface area (Å²) in [5.41, 5.74) is 6.04. The van der Waals surface area contributed by atoms with E-state index in [0.717, 1.165) is 25.7 Å². The highest BCUT2D eigenvalue weighted by Gasteiger charge is 2.24.